The minimum absolute atomic E-state index is 0.0878. The van der Waals surface area contributed by atoms with Gasteiger partial charge in [-0.2, -0.15) is 8.42 Å². The average Bonchev–Trinajstić information content (AvgIpc) is 2.73. The van der Waals surface area contributed by atoms with Crippen LogP contribution in [0.15, 0.2) is 23.1 Å². The minimum atomic E-state index is -4.15. The Hall–Kier alpha value is -1.07. The summed E-state index contributed by atoms with van der Waals surface area (Å²) in [6.45, 7) is 4.71. The molecule has 0 aliphatic rings. The van der Waals surface area contributed by atoms with Crippen molar-refractivity contribution in [1.29, 1.82) is 0 Å². The molecule has 0 bridgehead atoms. The Morgan fingerprint density at radius 3 is 1.52 bits per heavy atom. The first kappa shape index (κ1) is 28.0. The first-order valence-corrected chi connectivity index (χ1v) is 14.1. The van der Waals surface area contributed by atoms with E-state index in [9.17, 15) is 8.42 Å². The third-order valence-electron chi connectivity index (χ3n) is 5.95. The van der Waals surface area contributed by atoms with Crippen LogP contribution in [0.5, 0.6) is 5.75 Å². The van der Waals surface area contributed by atoms with E-state index >= 15 is 0 Å². The first-order chi connectivity index (χ1) is 14.9. The largest absolute Gasteiger partial charge is 0.493 e. The molecule has 0 aliphatic carbocycles. The lowest BCUT2D eigenvalue weighted by Crippen LogP contribution is -2.02. The van der Waals surface area contributed by atoms with E-state index in [2.05, 4.69) is 6.92 Å². The predicted octanol–water partition coefficient (Wildman–Crippen LogP) is 8.27. The molecule has 0 aromatic heterocycles. The molecule has 31 heavy (non-hydrogen) atoms. The molecule has 0 radical (unpaired) electrons. The van der Waals surface area contributed by atoms with Gasteiger partial charge in [0.15, 0.2) is 0 Å². The molecule has 0 atom stereocenters. The molecule has 0 amide bonds. The van der Waals surface area contributed by atoms with Crippen molar-refractivity contribution in [2.75, 3.05) is 6.61 Å². The van der Waals surface area contributed by atoms with E-state index in [4.69, 9.17) is 9.29 Å². The average molecular weight is 455 g/mol. The minimum Gasteiger partial charge on any atom is -0.493 e. The molecule has 4 nitrogen and oxygen atoms in total. The fourth-order valence-electron chi connectivity index (χ4n) is 3.95. The van der Waals surface area contributed by atoms with Gasteiger partial charge in [0.1, 0.15) is 5.75 Å². The van der Waals surface area contributed by atoms with Gasteiger partial charge in [-0.3, -0.25) is 4.55 Å². The molecule has 0 saturated heterocycles. The lowest BCUT2D eigenvalue weighted by molar-refractivity contribution is 0.302. The molecule has 0 unspecified atom stereocenters. The van der Waals surface area contributed by atoms with Gasteiger partial charge in [-0.05, 0) is 37.1 Å². The van der Waals surface area contributed by atoms with Gasteiger partial charge in [-0.1, -0.05) is 110 Å². The van der Waals surface area contributed by atoms with E-state index in [1.54, 1.807) is 13.0 Å². The zero-order valence-electron chi connectivity index (χ0n) is 20.0. The van der Waals surface area contributed by atoms with Crippen LogP contribution in [0.1, 0.15) is 122 Å². The van der Waals surface area contributed by atoms with Crippen LogP contribution in [0, 0.1) is 6.92 Å². The molecule has 0 fully saturated rings. The standard InChI is InChI=1S/C26H46O4S/c1-3-4-5-6-7-8-9-10-11-12-13-14-15-16-17-18-19-22-30-26-21-20-25(23-24(26)2)31(27,28)29/h20-21,23H,3-19,22H2,1-2H3,(H,27,28,29). The molecular weight excluding hydrogens is 408 g/mol. The van der Waals surface area contributed by atoms with Crippen LogP contribution in [-0.2, 0) is 10.1 Å². The maximum atomic E-state index is 11.1. The maximum Gasteiger partial charge on any atom is 0.294 e. The van der Waals surface area contributed by atoms with Crippen molar-refractivity contribution in [1.82, 2.24) is 0 Å². The highest BCUT2D eigenvalue weighted by Gasteiger charge is 2.11. The predicted molar refractivity (Wildman–Crippen MR) is 131 cm³/mol. The fraction of sp³-hybridized carbons (Fsp3) is 0.769. The summed E-state index contributed by atoms with van der Waals surface area (Å²) in [5.41, 5.74) is 0.724. The van der Waals surface area contributed by atoms with E-state index in [-0.39, 0.29) is 4.90 Å². The summed E-state index contributed by atoms with van der Waals surface area (Å²) in [6.07, 6.45) is 23.0. The summed E-state index contributed by atoms with van der Waals surface area (Å²) in [5.74, 6) is 0.684. The summed E-state index contributed by atoms with van der Waals surface area (Å²) in [4.78, 5) is -0.0878. The molecule has 1 aromatic rings. The van der Waals surface area contributed by atoms with Crippen LogP contribution < -0.4 is 4.74 Å². The van der Waals surface area contributed by atoms with Crippen LogP contribution in [-0.4, -0.2) is 19.6 Å². The number of hydrogen-bond donors (Lipinski definition) is 1. The van der Waals surface area contributed by atoms with Gasteiger partial charge in [0.2, 0.25) is 0 Å². The summed E-state index contributed by atoms with van der Waals surface area (Å²) < 4.78 is 37.1. The van der Waals surface area contributed by atoms with Crippen LogP contribution in [0.3, 0.4) is 0 Å². The maximum absolute atomic E-state index is 11.1. The van der Waals surface area contributed by atoms with Gasteiger partial charge in [-0.15, -0.1) is 0 Å². The van der Waals surface area contributed by atoms with Gasteiger partial charge in [0.25, 0.3) is 10.1 Å². The molecular formula is C26H46O4S. The molecule has 1 aromatic carbocycles. The number of unbranched alkanes of at least 4 members (excludes halogenated alkanes) is 16. The quantitative estimate of drug-likeness (QED) is 0.159. The highest BCUT2D eigenvalue weighted by molar-refractivity contribution is 7.85. The Morgan fingerprint density at radius 2 is 1.13 bits per heavy atom. The normalized spacial score (nSPS) is 11.7. The number of hydrogen-bond acceptors (Lipinski definition) is 3. The van der Waals surface area contributed by atoms with E-state index in [0.717, 1.165) is 12.0 Å². The van der Waals surface area contributed by atoms with Gasteiger partial charge in [0, 0.05) is 0 Å². The van der Waals surface area contributed by atoms with Crippen molar-refractivity contribution in [3.05, 3.63) is 23.8 Å². The SMILES string of the molecule is CCCCCCCCCCCCCCCCCCCOc1ccc(S(=O)(=O)O)cc1C. The van der Waals surface area contributed by atoms with E-state index in [1.807, 2.05) is 0 Å². The fourth-order valence-corrected chi connectivity index (χ4v) is 4.52. The molecule has 1 rings (SSSR count). The Balaban J connectivity index is 1.88. The summed E-state index contributed by atoms with van der Waals surface area (Å²) >= 11 is 0. The topological polar surface area (TPSA) is 63.6 Å². The smallest absolute Gasteiger partial charge is 0.294 e. The van der Waals surface area contributed by atoms with E-state index in [0.29, 0.717) is 12.4 Å². The molecule has 1 N–H and O–H groups in total. The van der Waals surface area contributed by atoms with Crippen molar-refractivity contribution in [2.45, 2.75) is 128 Å². The van der Waals surface area contributed by atoms with Crippen LogP contribution in [0.2, 0.25) is 0 Å². The lowest BCUT2D eigenvalue weighted by atomic mass is 10.0. The van der Waals surface area contributed by atoms with Gasteiger partial charge >= 0.3 is 0 Å². The summed E-state index contributed by atoms with van der Waals surface area (Å²) in [6, 6.07) is 4.44. The van der Waals surface area contributed by atoms with Crippen LogP contribution in [0.25, 0.3) is 0 Å². The van der Waals surface area contributed by atoms with Crippen LogP contribution in [0.4, 0.5) is 0 Å². The Kier molecular flexibility index (Phi) is 15.8. The molecule has 0 heterocycles. The number of ether oxygens (including phenoxy) is 1. The van der Waals surface area contributed by atoms with E-state index < -0.39 is 10.1 Å². The molecule has 0 saturated carbocycles. The third kappa shape index (κ3) is 14.6. The second-order valence-corrected chi connectivity index (χ2v) is 10.3. The van der Waals surface area contributed by atoms with Crippen molar-refractivity contribution < 1.29 is 17.7 Å². The zero-order chi connectivity index (χ0) is 22.8. The molecule has 0 spiro atoms. The van der Waals surface area contributed by atoms with Gasteiger partial charge in [-0.25, -0.2) is 0 Å². The second kappa shape index (κ2) is 17.5. The zero-order valence-corrected chi connectivity index (χ0v) is 20.9. The number of rotatable bonds is 20. The second-order valence-electron chi connectivity index (χ2n) is 8.91. The molecule has 180 valence electrons. The lowest BCUT2D eigenvalue weighted by Gasteiger charge is -2.10. The van der Waals surface area contributed by atoms with Crippen molar-refractivity contribution >= 4 is 10.1 Å². The summed E-state index contributed by atoms with van der Waals surface area (Å²) in [5, 5.41) is 0. The number of benzene rings is 1. The summed E-state index contributed by atoms with van der Waals surface area (Å²) in [7, 11) is -4.15. The van der Waals surface area contributed by atoms with Crippen molar-refractivity contribution in [3.8, 4) is 5.75 Å². The highest BCUT2D eigenvalue weighted by atomic mass is 32.2. The third-order valence-corrected chi connectivity index (χ3v) is 6.80. The van der Waals surface area contributed by atoms with Crippen molar-refractivity contribution in [2.24, 2.45) is 0 Å². The highest BCUT2D eigenvalue weighted by Crippen LogP contribution is 2.22. The van der Waals surface area contributed by atoms with E-state index in [1.165, 1.54) is 115 Å². The van der Waals surface area contributed by atoms with Gasteiger partial charge in [0.05, 0.1) is 11.5 Å². The monoisotopic (exact) mass is 454 g/mol. The van der Waals surface area contributed by atoms with Gasteiger partial charge < -0.3 is 4.74 Å². The Labute approximate surface area is 191 Å². The Bertz CT molecular complexity index is 670. The number of aryl methyl sites for hydroxylation is 1. The van der Waals surface area contributed by atoms with Crippen molar-refractivity contribution in [3.63, 3.8) is 0 Å². The first-order valence-electron chi connectivity index (χ1n) is 12.7. The molecule has 0 aliphatic heterocycles. The van der Waals surface area contributed by atoms with Crippen LogP contribution >= 0.6 is 0 Å². The Morgan fingerprint density at radius 1 is 0.710 bits per heavy atom. The molecule has 5 heteroatoms.